The highest BCUT2D eigenvalue weighted by Crippen LogP contribution is 2.20. The molecule has 1 amide bonds. The third-order valence-electron chi connectivity index (χ3n) is 2.90. The molecule has 0 radical (unpaired) electrons. The third kappa shape index (κ3) is 5.25. The first-order chi connectivity index (χ1) is 10.0. The van der Waals surface area contributed by atoms with Gasteiger partial charge in [-0.15, -0.1) is 0 Å². The molecule has 2 rings (SSSR count). The normalized spacial score (nSPS) is 14.1. The van der Waals surface area contributed by atoms with Crippen molar-refractivity contribution in [3.63, 3.8) is 0 Å². The molecule has 112 valence electrons. The molecule has 0 atom stereocenters. The number of benzene rings is 1. The predicted octanol–water partition coefficient (Wildman–Crippen LogP) is 1.97. The van der Waals surface area contributed by atoms with Crippen molar-refractivity contribution in [3.8, 4) is 5.75 Å². The number of aliphatic carboxylic acids is 1. The van der Waals surface area contributed by atoms with E-state index in [1.807, 2.05) is 0 Å². The molecule has 6 heteroatoms. The van der Waals surface area contributed by atoms with Gasteiger partial charge in [0.2, 0.25) is 5.91 Å². The minimum absolute atomic E-state index is 0.0432. The van der Waals surface area contributed by atoms with Crippen LogP contribution in [0.15, 0.2) is 24.3 Å². The summed E-state index contributed by atoms with van der Waals surface area (Å²) in [6, 6.07) is 4.44. The van der Waals surface area contributed by atoms with Crippen molar-refractivity contribution < 1.29 is 23.8 Å². The van der Waals surface area contributed by atoms with E-state index in [2.05, 4.69) is 5.32 Å². The molecule has 1 aliphatic carbocycles. The maximum atomic E-state index is 13.7. The number of amides is 1. The Morgan fingerprint density at radius 3 is 2.81 bits per heavy atom. The molecule has 0 saturated heterocycles. The number of halogens is 1. The zero-order valence-corrected chi connectivity index (χ0v) is 11.3. The first-order valence-corrected chi connectivity index (χ1v) is 6.67. The smallest absolute Gasteiger partial charge is 0.328 e. The fourth-order valence-corrected chi connectivity index (χ4v) is 1.69. The van der Waals surface area contributed by atoms with E-state index in [0.717, 1.165) is 18.9 Å². The molecule has 0 spiro atoms. The number of hydrogen-bond acceptors (Lipinski definition) is 3. The van der Waals surface area contributed by atoms with E-state index in [4.69, 9.17) is 9.84 Å². The monoisotopic (exact) mass is 293 g/mol. The van der Waals surface area contributed by atoms with Gasteiger partial charge in [0.05, 0.1) is 13.0 Å². The molecule has 1 saturated carbocycles. The van der Waals surface area contributed by atoms with Crippen LogP contribution in [0.25, 0.3) is 6.08 Å². The lowest BCUT2D eigenvalue weighted by molar-refractivity contribution is -0.131. The largest absolute Gasteiger partial charge is 0.490 e. The highest BCUT2D eigenvalue weighted by molar-refractivity contribution is 5.85. The van der Waals surface area contributed by atoms with E-state index in [1.165, 1.54) is 18.2 Å². The van der Waals surface area contributed by atoms with Gasteiger partial charge >= 0.3 is 5.97 Å². The number of carbonyl (C=O) groups excluding carboxylic acids is 1. The topological polar surface area (TPSA) is 75.6 Å². The summed E-state index contributed by atoms with van der Waals surface area (Å²) < 4.78 is 18.9. The van der Waals surface area contributed by atoms with E-state index in [1.54, 1.807) is 6.07 Å². The maximum absolute atomic E-state index is 13.7. The number of rotatable bonds is 7. The summed E-state index contributed by atoms with van der Waals surface area (Å²) in [5.41, 5.74) is 0.425. The van der Waals surface area contributed by atoms with Crippen molar-refractivity contribution in [1.29, 1.82) is 0 Å². The van der Waals surface area contributed by atoms with Gasteiger partial charge in [-0.05, 0) is 36.6 Å². The molecule has 0 unspecified atom stereocenters. The standard InChI is InChI=1S/C15H16FNO4/c16-12-9-10(2-6-15(19)20)1-5-13(12)21-8-7-14(18)17-11-3-4-11/h1-2,5-6,9,11H,3-4,7-8H2,(H,17,18)(H,19,20)/b6-2+. The predicted molar refractivity (Wildman–Crippen MR) is 74.3 cm³/mol. The molecule has 21 heavy (non-hydrogen) atoms. The molecule has 1 fully saturated rings. The van der Waals surface area contributed by atoms with Gasteiger partial charge in [-0.3, -0.25) is 4.79 Å². The molecular formula is C15H16FNO4. The van der Waals surface area contributed by atoms with Gasteiger partial charge < -0.3 is 15.2 Å². The van der Waals surface area contributed by atoms with E-state index < -0.39 is 11.8 Å². The lowest BCUT2D eigenvalue weighted by atomic mass is 10.2. The fraction of sp³-hybridized carbons (Fsp3) is 0.333. The lowest BCUT2D eigenvalue weighted by Gasteiger charge is -2.08. The van der Waals surface area contributed by atoms with Crippen LogP contribution in [-0.2, 0) is 9.59 Å². The molecular weight excluding hydrogens is 277 g/mol. The number of carboxylic acid groups (broad SMARTS) is 1. The van der Waals surface area contributed by atoms with Gasteiger partial charge in [0.15, 0.2) is 11.6 Å². The van der Waals surface area contributed by atoms with E-state index in [0.29, 0.717) is 11.6 Å². The molecule has 0 bridgehead atoms. The van der Waals surface area contributed by atoms with Crippen LogP contribution in [0.1, 0.15) is 24.8 Å². The third-order valence-corrected chi connectivity index (χ3v) is 2.90. The number of carbonyl (C=O) groups is 2. The molecule has 1 aromatic rings. The van der Waals surface area contributed by atoms with Crippen molar-refractivity contribution in [3.05, 3.63) is 35.7 Å². The zero-order valence-electron chi connectivity index (χ0n) is 11.3. The van der Waals surface area contributed by atoms with Gasteiger partial charge in [-0.25, -0.2) is 9.18 Å². The van der Waals surface area contributed by atoms with Gasteiger partial charge in [-0.1, -0.05) is 6.07 Å². The molecule has 0 aliphatic heterocycles. The second kappa shape index (κ2) is 6.88. The number of ether oxygens (including phenoxy) is 1. The van der Waals surface area contributed by atoms with Gasteiger partial charge in [0, 0.05) is 12.1 Å². The second-order valence-corrected chi connectivity index (χ2v) is 4.80. The summed E-state index contributed by atoms with van der Waals surface area (Å²) in [5, 5.41) is 11.3. The Bertz CT molecular complexity index is 567. The van der Waals surface area contributed by atoms with Crippen molar-refractivity contribution in [2.45, 2.75) is 25.3 Å². The Morgan fingerprint density at radius 2 is 2.19 bits per heavy atom. The van der Waals surface area contributed by atoms with Crippen molar-refractivity contribution in [1.82, 2.24) is 5.32 Å². The lowest BCUT2D eigenvalue weighted by Crippen LogP contribution is -2.26. The first-order valence-electron chi connectivity index (χ1n) is 6.67. The summed E-state index contributed by atoms with van der Waals surface area (Å²) >= 11 is 0. The quantitative estimate of drug-likeness (QED) is 0.754. The maximum Gasteiger partial charge on any atom is 0.328 e. The van der Waals surface area contributed by atoms with Crippen LogP contribution in [0.4, 0.5) is 4.39 Å². The Kier molecular flexibility index (Phi) is 4.92. The summed E-state index contributed by atoms with van der Waals surface area (Å²) in [6.45, 7) is 0.0970. The average Bonchev–Trinajstić information content (AvgIpc) is 3.22. The SMILES string of the molecule is O=C(O)/C=C/c1ccc(OCCC(=O)NC2CC2)c(F)c1. The molecule has 1 aromatic carbocycles. The fourth-order valence-electron chi connectivity index (χ4n) is 1.69. The van der Waals surface area contributed by atoms with Gasteiger partial charge in [0.1, 0.15) is 0 Å². The number of carboxylic acids is 1. The number of hydrogen-bond donors (Lipinski definition) is 2. The minimum atomic E-state index is -1.10. The Hall–Kier alpha value is -2.37. The number of nitrogens with one attached hydrogen (secondary N) is 1. The Morgan fingerprint density at radius 1 is 1.43 bits per heavy atom. The van der Waals surface area contributed by atoms with Crippen LogP contribution in [0.3, 0.4) is 0 Å². The molecule has 0 aromatic heterocycles. The Balaban J connectivity index is 1.82. The highest BCUT2D eigenvalue weighted by Gasteiger charge is 2.22. The van der Waals surface area contributed by atoms with Crippen LogP contribution in [-0.4, -0.2) is 29.6 Å². The van der Waals surface area contributed by atoms with E-state index in [9.17, 15) is 14.0 Å². The van der Waals surface area contributed by atoms with Crippen LogP contribution in [0.2, 0.25) is 0 Å². The summed E-state index contributed by atoms with van der Waals surface area (Å²) in [5.74, 6) is -1.75. The summed E-state index contributed by atoms with van der Waals surface area (Å²) in [7, 11) is 0. The van der Waals surface area contributed by atoms with E-state index in [-0.39, 0.29) is 24.7 Å². The first kappa shape index (κ1) is 15.0. The van der Waals surface area contributed by atoms with Crippen LogP contribution < -0.4 is 10.1 Å². The molecule has 1 aliphatic rings. The molecule has 0 heterocycles. The van der Waals surface area contributed by atoms with Crippen LogP contribution in [0, 0.1) is 5.82 Å². The van der Waals surface area contributed by atoms with Gasteiger partial charge in [-0.2, -0.15) is 0 Å². The summed E-state index contributed by atoms with van der Waals surface area (Å²) in [4.78, 5) is 21.8. The van der Waals surface area contributed by atoms with Crippen molar-refractivity contribution in [2.24, 2.45) is 0 Å². The van der Waals surface area contributed by atoms with Crippen molar-refractivity contribution in [2.75, 3.05) is 6.61 Å². The second-order valence-electron chi connectivity index (χ2n) is 4.80. The minimum Gasteiger partial charge on any atom is -0.490 e. The Labute approximate surface area is 121 Å². The highest BCUT2D eigenvalue weighted by atomic mass is 19.1. The molecule has 5 nitrogen and oxygen atoms in total. The van der Waals surface area contributed by atoms with E-state index >= 15 is 0 Å². The van der Waals surface area contributed by atoms with Crippen LogP contribution in [0.5, 0.6) is 5.75 Å². The van der Waals surface area contributed by atoms with Crippen LogP contribution >= 0.6 is 0 Å². The molecule has 2 N–H and O–H groups in total. The van der Waals surface area contributed by atoms with Crippen molar-refractivity contribution >= 4 is 18.0 Å². The average molecular weight is 293 g/mol. The summed E-state index contributed by atoms with van der Waals surface area (Å²) in [6.07, 6.45) is 4.44. The van der Waals surface area contributed by atoms with Gasteiger partial charge in [0.25, 0.3) is 0 Å². The zero-order chi connectivity index (χ0) is 15.2.